The fourth-order valence-electron chi connectivity index (χ4n) is 2.53. The van der Waals surface area contributed by atoms with Crippen molar-refractivity contribution >= 4 is 16.7 Å². The predicted molar refractivity (Wildman–Crippen MR) is 74.3 cm³/mol. The van der Waals surface area contributed by atoms with Crippen LogP contribution in [0.3, 0.4) is 0 Å². The molecule has 1 aromatic heterocycles. The average Bonchev–Trinajstić information content (AvgIpc) is 2.48. The number of fused-ring (bicyclic) bond motifs is 1. The molecule has 0 spiro atoms. The SMILES string of the molecule is O=C(CC1CCCCO1)c1ccc2cccnc2c1. The number of pyridine rings is 1. The standard InChI is InChI=1S/C16H17NO2/c18-16(11-14-5-1-2-9-19-14)13-7-6-12-4-3-8-17-15(12)10-13/h3-4,6-8,10,14H,1-2,5,9,11H2. The fourth-order valence-corrected chi connectivity index (χ4v) is 2.53. The van der Waals surface area contributed by atoms with Crippen LogP contribution in [0.2, 0.25) is 0 Å². The third kappa shape index (κ3) is 2.82. The first-order chi connectivity index (χ1) is 9.33. The summed E-state index contributed by atoms with van der Waals surface area (Å²) in [5, 5.41) is 1.06. The lowest BCUT2D eigenvalue weighted by Gasteiger charge is -2.21. The van der Waals surface area contributed by atoms with E-state index in [-0.39, 0.29) is 11.9 Å². The minimum Gasteiger partial charge on any atom is -0.378 e. The van der Waals surface area contributed by atoms with Crippen LogP contribution in [-0.2, 0) is 4.74 Å². The summed E-state index contributed by atoms with van der Waals surface area (Å²) in [6.45, 7) is 0.789. The molecular formula is C16H17NO2. The van der Waals surface area contributed by atoms with E-state index in [9.17, 15) is 4.79 Å². The zero-order valence-corrected chi connectivity index (χ0v) is 10.8. The molecule has 2 aromatic rings. The zero-order valence-electron chi connectivity index (χ0n) is 10.8. The summed E-state index contributed by atoms with van der Waals surface area (Å²) in [4.78, 5) is 16.5. The number of rotatable bonds is 3. The summed E-state index contributed by atoms with van der Waals surface area (Å²) < 4.78 is 5.62. The quantitative estimate of drug-likeness (QED) is 0.789. The van der Waals surface area contributed by atoms with Gasteiger partial charge in [-0.25, -0.2) is 0 Å². The van der Waals surface area contributed by atoms with Crippen LogP contribution in [0.15, 0.2) is 36.5 Å². The Balaban J connectivity index is 1.77. The van der Waals surface area contributed by atoms with Crippen LogP contribution in [0.25, 0.3) is 10.9 Å². The highest BCUT2D eigenvalue weighted by atomic mass is 16.5. The van der Waals surface area contributed by atoms with Crippen LogP contribution in [-0.4, -0.2) is 23.5 Å². The molecule has 98 valence electrons. The molecule has 1 saturated heterocycles. The highest BCUT2D eigenvalue weighted by Gasteiger charge is 2.18. The Morgan fingerprint density at radius 1 is 1.32 bits per heavy atom. The van der Waals surface area contributed by atoms with E-state index in [1.807, 2.05) is 30.3 Å². The molecule has 0 saturated carbocycles. The largest absolute Gasteiger partial charge is 0.378 e. The van der Waals surface area contributed by atoms with Gasteiger partial charge in [0.05, 0.1) is 11.6 Å². The number of aromatic nitrogens is 1. The van der Waals surface area contributed by atoms with Crippen molar-refractivity contribution in [2.75, 3.05) is 6.61 Å². The highest BCUT2D eigenvalue weighted by Crippen LogP contribution is 2.19. The maximum absolute atomic E-state index is 12.2. The maximum atomic E-state index is 12.2. The van der Waals surface area contributed by atoms with Gasteiger partial charge in [0.1, 0.15) is 0 Å². The maximum Gasteiger partial charge on any atom is 0.165 e. The number of hydrogen-bond acceptors (Lipinski definition) is 3. The summed E-state index contributed by atoms with van der Waals surface area (Å²) in [5.74, 6) is 0.152. The van der Waals surface area contributed by atoms with E-state index in [4.69, 9.17) is 4.74 Å². The van der Waals surface area contributed by atoms with Gasteiger partial charge in [-0.15, -0.1) is 0 Å². The van der Waals surface area contributed by atoms with Crippen LogP contribution in [0.4, 0.5) is 0 Å². The monoisotopic (exact) mass is 255 g/mol. The number of Topliss-reactive ketones (excluding diaryl/α,β-unsaturated/α-hetero) is 1. The van der Waals surface area contributed by atoms with Crippen LogP contribution in [0, 0.1) is 0 Å². The molecule has 0 radical (unpaired) electrons. The van der Waals surface area contributed by atoms with Gasteiger partial charge < -0.3 is 4.74 Å². The molecule has 3 rings (SSSR count). The molecule has 1 unspecified atom stereocenters. The predicted octanol–water partition coefficient (Wildman–Crippen LogP) is 3.38. The molecule has 1 aliphatic rings. The van der Waals surface area contributed by atoms with Crippen LogP contribution >= 0.6 is 0 Å². The first-order valence-electron chi connectivity index (χ1n) is 6.82. The normalized spacial score (nSPS) is 19.5. The molecule has 2 heterocycles. The molecule has 1 aliphatic heterocycles. The number of benzene rings is 1. The van der Waals surface area contributed by atoms with Crippen molar-refractivity contribution in [1.29, 1.82) is 0 Å². The zero-order chi connectivity index (χ0) is 13.1. The van der Waals surface area contributed by atoms with E-state index in [1.165, 1.54) is 0 Å². The van der Waals surface area contributed by atoms with Crippen LogP contribution in [0.5, 0.6) is 0 Å². The highest BCUT2D eigenvalue weighted by molar-refractivity contribution is 5.99. The Bertz CT molecular complexity index is 588. The van der Waals surface area contributed by atoms with E-state index in [0.29, 0.717) is 6.42 Å². The number of nitrogens with zero attached hydrogens (tertiary/aromatic N) is 1. The lowest BCUT2D eigenvalue weighted by molar-refractivity contribution is 0.0129. The van der Waals surface area contributed by atoms with Crippen LogP contribution < -0.4 is 0 Å². The number of carbonyl (C=O) groups excluding carboxylic acids is 1. The Kier molecular flexibility index (Phi) is 3.56. The Morgan fingerprint density at radius 2 is 2.26 bits per heavy atom. The van der Waals surface area contributed by atoms with Gasteiger partial charge in [-0.2, -0.15) is 0 Å². The summed E-state index contributed by atoms with van der Waals surface area (Å²) >= 11 is 0. The summed E-state index contributed by atoms with van der Waals surface area (Å²) in [6, 6.07) is 9.62. The van der Waals surface area contributed by atoms with E-state index in [1.54, 1.807) is 6.20 Å². The van der Waals surface area contributed by atoms with Crippen molar-refractivity contribution in [2.24, 2.45) is 0 Å². The van der Waals surface area contributed by atoms with Gasteiger partial charge in [0.25, 0.3) is 0 Å². The second-order valence-electron chi connectivity index (χ2n) is 5.03. The lowest BCUT2D eigenvalue weighted by Crippen LogP contribution is -2.22. The van der Waals surface area contributed by atoms with E-state index < -0.39 is 0 Å². The van der Waals surface area contributed by atoms with Crippen LogP contribution in [0.1, 0.15) is 36.0 Å². The third-order valence-electron chi connectivity index (χ3n) is 3.61. The van der Waals surface area contributed by atoms with Crippen molar-refractivity contribution in [3.8, 4) is 0 Å². The summed E-state index contributed by atoms with van der Waals surface area (Å²) in [7, 11) is 0. The van der Waals surface area contributed by atoms with Gasteiger partial charge in [-0.1, -0.05) is 18.2 Å². The first kappa shape index (κ1) is 12.3. The molecular weight excluding hydrogens is 238 g/mol. The van der Waals surface area contributed by atoms with Gasteiger partial charge in [-0.3, -0.25) is 9.78 Å². The number of carbonyl (C=O) groups is 1. The number of ether oxygens (including phenoxy) is 1. The minimum atomic E-state index is 0.0979. The molecule has 19 heavy (non-hydrogen) atoms. The van der Waals surface area contributed by atoms with Crippen molar-refractivity contribution in [2.45, 2.75) is 31.8 Å². The van der Waals surface area contributed by atoms with Gasteiger partial charge in [0.2, 0.25) is 0 Å². The molecule has 0 N–H and O–H groups in total. The molecule has 3 heteroatoms. The molecule has 3 nitrogen and oxygen atoms in total. The number of ketones is 1. The fraction of sp³-hybridized carbons (Fsp3) is 0.375. The van der Waals surface area contributed by atoms with Crippen molar-refractivity contribution in [3.63, 3.8) is 0 Å². The molecule has 0 amide bonds. The molecule has 0 bridgehead atoms. The summed E-state index contributed by atoms with van der Waals surface area (Å²) in [5.41, 5.74) is 1.61. The van der Waals surface area contributed by atoms with Crippen molar-refractivity contribution in [3.05, 3.63) is 42.1 Å². The van der Waals surface area contributed by atoms with Gasteiger partial charge >= 0.3 is 0 Å². The van der Waals surface area contributed by atoms with Gasteiger partial charge in [0.15, 0.2) is 5.78 Å². The third-order valence-corrected chi connectivity index (χ3v) is 3.61. The summed E-state index contributed by atoms with van der Waals surface area (Å²) in [6.07, 6.45) is 5.61. The Labute approximate surface area is 112 Å². The van der Waals surface area contributed by atoms with E-state index in [2.05, 4.69) is 4.98 Å². The molecule has 0 aliphatic carbocycles. The second-order valence-corrected chi connectivity index (χ2v) is 5.03. The minimum absolute atomic E-state index is 0.0979. The van der Waals surface area contributed by atoms with Gasteiger partial charge in [0, 0.05) is 30.2 Å². The molecule has 1 aromatic carbocycles. The average molecular weight is 255 g/mol. The molecule has 1 fully saturated rings. The second kappa shape index (κ2) is 5.49. The lowest BCUT2D eigenvalue weighted by atomic mass is 9.99. The Hall–Kier alpha value is -1.74. The van der Waals surface area contributed by atoms with Crippen molar-refractivity contribution in [1.82, 2.24) is 4.98 Å². The van der Waals surface area contributed by atoms with Gasteiger partial charge in [-0.05, 0) is 31.4 Å². The first-order valence-corrected chi connectivity index (χ1v) is 6.82. The molecule has 1 atom stereocenters. The topological polar surface area (TPSA) is 39.2 Å². The van der Waals surface area contributed by atoms with Crippen molar-refractivity contribution < 1.29 is 9.53 Å². The van der Waals surface area contributed by atoms with E-state index in [0.717, 1.165) is 42.3 Å². The van der Waals surface area contributed by atoms with E-state index >= 15 is 0 Å². The smallest absolute Gasteiger partial charge is 0.165 e. The number of hydrogen-bond donors (Lipinski definition) is 0. The Morgan fingerprint density at radius 3 is 3.11 bits per heavy atom.